The molecule has 33 heavy (non-hydrogen) atoms. The van der Waals surface area contributed by atoms with E-state index in [0.29, 0.717) is 10.7 Å². The maximum Gasteiger partial charge on any atom is 0.257 e. The monoisotopic (exact) mass is 485 g/mol. The van der Waals surface area contributed by atoms with Gasteiger partial charge in [-0.3, -0.25) is 10.1 Å². The Morgan fingerprint density at radius 3 is 2.48 bits per heavy atom. The summed E-state index contributed by atoms with van der Waals surface area (Å²) in [5.41, 5.74) is 3.07. The number of carbonyl (C=O) groups is 1. The van der Waals surface area contributed by atoms with Crippen molar-refractivity contribution in [3.05, 3.63) is 59.0 Å². The standard InChI is InChI=1S/C24H27N3O4S2/c1-16-14-18(10-13-22(16)31-3)21-15-32-24(25-21)26-23(28)17-8-11-20(12-9-17)33(29,30)27(2)19-6-4-5-7-19/h8-15,19H,4-7H2,1-3H3,(H,25,26,28). The van der Waals surface area contributed by atoms with E-state index in [2.05, 4.69) is 10.3 Å². The van der Waals surface area contributed by atoms with Crippen LogP contribution in [0, 0.1) is 6.92 Å². The third-order valence-corrected chi connectivity index (χ3v) is 8.73. The van der Waals surface area contributed by atoms with Gasteiger partial charge in [0.05, 0.1) is 17.7 Å². The first kappa shape index (κ1) is 23.4. The van der Waals surface area contributed by atoms with E-state index in [9.17, 15) is 13.2 Å². The number of nitrogens with zero attached hydrogens (tertiary/aromatic N) is 2. The van der Waals surface area contributed by atoms with Gasteiger partial charge in [-0.05, 0) is 67.8 Å². The summed E-state index contributed by atoms with van der Waals surface area (Å²) in [4.78, 5) is 17.4. The van der Waals surface area contributed by atoms with E-state index in [1.807, 2.05) is 30.5 Å². The molecule has 4 rings (SSSR count). The number of methoxy groups -OCH3 is 1. The Balaban J connectivity index is 1.45. The first-order valence-electron chi connectivity index (χ1n) is 10.8. The fraction of sp³-hybridized carbons (Fsp3) is 0.333. The van der Waals surface area contributed by atoms with E-state index >= 15 is 0 Å². The summed E-state index contributed by atoms with van der Waals surface area (Å²) >= 11 is 1.33. The van der Waals surface area contributed by atoms with Gasteiger partial charge in [0.25, 0.3) is 5.91 Å². The number of aryl methyl sites for hydroxylation is 1. The van der Waals surface area contributed by atoms with Gasteiger partial charge in [0.15, 0.2) is 5.13 Å². The van der Waals surface area contributed by atoms with Crippen molar-refractivity contribution in [3.8, 4) is 17.0 Å². The van der Waals surface area contributed by atoms with Gasteiger partial charge in [-0.1, -0.05) is 12.8 Å². The number of thiazole rings is 1. The topological polar surface area (TPSA) is 88.6 Å². The van der Waals surface area contributed by atoms with Gasteiger partial charge < -0.3 is 4.74 Å². The highest BCUT2D eigenvalue weighted by Gasteiger charge is 2.30. The average Bonchev–Trinajstić information content (AvgIpc) is 3.51. The zero-order valence-corrected chi connectivity index (χ0v) is 20.5. The fourth-order valence-corrected chi connectivity index (χ4v) is 6.21. The molecule has 1 saturated carbocycles. The molecule has 0 spiro atoms. The van der Waals surface area contributed by atoms with Crippen molar-refractivity contribution in [1.82, 2.24) is 9.29 Å². The van der Waals surface area contributed by atoms with Crippen LogP contribution in [-0.2, 0) is 10.0 Å². The number of aromatic nitrogens is 1. The highest BCUT2D eigenvalue weighted by atomic mass is 32.2. The lowest BCUT2D eigenvalue weighted by Gasteiger charge is -2.23. The molecular weight excluding hydrogens is 458 g/mol. The maximum absolute atomic E-state index is 12.9. The molecule has 1 amide bonds. The van der Waals surface area contributed by atoms with E-state index < -0.39 is 10.0 Å². The summed E-state index contributed by atoms with van der Waals surface area (Å²) in [7, 11) is -0.309. The number of carbonyl (C=O) groups excluding carboxylic acids is 1. The lowest BCUT2D eigenvalue weighted by molar-refractivity contribution is 0.102. The second-order valence-corrected chi connectivity index (χ2v) is 11.0. The molecule has 7 nitrogen and oxygen atoms in total. The van der Waals surface area contributed by atoms with Crippen LogP contribution in [0.1, 0.15) is 41.6 Å². The molecule has 0 radical (unpaired) electrons. The van der Waals surface area contributed by atoms with Crippen molar-refractivity contribution in [1.29, 1.82) is 0 Å². The van der Waals surface area contributed by atoms with Crippen LogP contribution in [0.25, 0.3) is 11.3 Å². The molecule has 1 aromatic heterocycles. The van der Waals surface area contributed by atoms with Crippen LogP contribution in [0.15, 0.2) is 52.7 Å². The first-order valence-corrected chi connectivity index (χ1v) is 13.1. The SMILES string of the molecule is COc1ccc(-c2csc(NC(=O)c3ccc(S(=O)(=O)N(C)C4CCCC4)cc3)n2)cc1C. The molecule has 3 aromatic rings. The van der Waals surface area contributed by atoms with Gasteiger partial charge in [-0.25, -0.2) is 13.4 Å². The highest BCUT2D eigenvalue weighted by molar-refractivity contribution is 7.89. The predicted molar refractivity (Wildman–Crippen MR) is 130 cm³/mol. The molecule has 1 aliphatic carbocycles. The third kappa shape index (κ3) is 4.95. The Hall–Kier alpha value is -2.75. The number of hydrogen-bond donors (Lipinski definition) is 1. The molecule has 0 atom stereocenters. The molecule has 1 fully saturated rings. The zero-order valence-electron chi connectivity index (χ0n) is 18.9. The van der Waals surface area contributed by atoms with Crippen LogP contribution in [0.3, 0.4) is 0 Å². The fourth-order valence-electron chi connectivity index (χ4n) is 4.08. The molecule has 1 heterocycles. The Morgan fingerprint density at radius 2 is 1.85 bits per heavy atom. The van der Waals surface area contributed by atoms with E-state index in [1.54, 1.807) is 14.2 Å². The number of nitrogens with one attached hydrogen (secondary N) is 1. The number of amides is 1. The molecule has 1 aliphatic rings. The summed E-state index contributed by atoms with van der Waals surface area (Å²) in [5.74, 6) is 0.470. The summed E-state index contributed by atoms with van der Waals surface area (Å²) in [6, 6.07) is 11.9. The van der Waals surface area contributed by atoms with Crippen molar-refractivity contribution < 1.29 is 17.9 Å². The summed E-state index contributed by atoms with van der Waals surface area (Å²) in [5, 5.41) is 5.15. The van der Waals surface area contributed by atoms with Crippen LogP contribution in [0.4, 0.5) is 5.13 Å². The molecule has 0 aliphatic heterocycles. The second kappa shape index (κ2) is 9.62. The number of ether oxygens (including phenoxy) is 1. The van der Waals surface area contributed by atoms with Gasteiger partial charge >= 0.3 is 0 Å². The minimum Gasteiger partial charge on any atom is -0.496 e. The molecular formula is C24H27N3O4S2. The molecule has 9 heteroatoms. The van der Waals surface area contributed by atoms with Crippen molar-refractivity contribution >= 4 is 32.4 Å². The largest absolute Gasteiger partial charge is 0.496 e. The normalized spacial score (nSPS) is 14.5. The van der Waals surface area contributed by atoms with Gasteiger partial charge in [0, 0.05) is 29.6 Å². The van der Waals surface area contributed by atoms with Crippen molar-refractivity contribution in [2.75, 3.05) is 19.5 Å². The van der Waals surface area contributed by atoms with Crippen LogP contribution in [-0.4, -0.2) is 43.8 Å². The van der Waals surface area contributed by atoms with Gasteiger partial charge in [0.2, 0.25) is 10.0 Å². The van der Waals surface area contributed by atoms with E-state index in [-0.39, 0.29) is 16.8 Å². The maximum atomic E-state index is 12.9. The molecule has 0 bridgehead atoms. The van der Waals surface area contributed by atoms with Gasteiger partial charge in [-0.15, -0.1) is 11.3 Å². The Kier molecular flexibility index (Phi) is 6.83. The minimum absolute atomic E-state index is 0.0477. The Labute approximate surface area is 198 Å². The van der Waals surface area contributed by atoms with Gasteiger partial charge in [-0.2, -0.15) is 4.31 Å². The summed E-state index contributed by atoms with van der Waals surface area (Å²) in [6.45, 7) is 1.97. The van der Waals surface area contributed by atoms with Crippen molar-refractivity contribution in [2.24, 2.45) is 0 Å². The highest BCUT2D eigenvalue weighted by Crippen LogP contribution is 2.30. The summed E-state index contributed by atoms with van der Waals surface area (Å²) in [6.07, 6.45) is 3.89. The smallest absolute Gasteiger partial charge is 0.257 e. The third-order valence-electron chi connectivity index (χ3n) is 6.05. The van der Waals surface area contributed by atoms with Gasteiger partial charge in [0.1, 0.15) is 5.75 Å². The number of sulfonamides is 1. The summed E-state index contributed by atoms with van der Waals surface area (Å²) < 4.78 is 32.6. The second-order valence-electron chi connectivity index (χ2n) is 8.16. The number of benzene rings is 2. The molecule has 2 aromatic carbocycles. The lowest BCUT2D eigenvalue weighted by Crippen LogP contribution is -2.35. The van der Waals surface area contributed by atoms with E-state index in [0.717, 1.165) is 48.3 Å². The van der Waals surface area contributed by atoms with E-state index in [4.69, 9.17) is 4.74 Å². The quantitative estimate of drug-likeness (QED) is 0.512. The lowest BCUT2D eigenvalue weighted by atomic mass is 10.1. The zero-order chi connectivity index (χ0) is 23.6. The van der Waals surface area contributed by atoms with Crippen molar-refractivity contribution in [3.63, 3.8) is 0 Å². The van der Waals surface area contributed by atoms with Crippen molar-refractivity contribution in [2.45, 2.75) is 43.5 Å². The van der Waals surface area contributed by atoms with Crippen LogP contribution in [0.5, 0.6) is 5.75 Å². The average molecular weight is 486 g/mol. The number of hydrogen-bond acceptors (Lipinski definition) is 6. The van der Waals surface area contributed by atoms with Crippen LogP contribution < -0.4 is 10.1 Å². The van der Waals surface area contributed by atoms with Crippen LogP contribution in [0.2, 0.25) is 0 Å². The Bertz CT molecular complexity index is 1250. The molecule has 174 valence electrons. The molecule has 0 saturated heterocycles. The molecule has 0 unspecified atom stereocenters. The van der Waals surface area contributed by atoms with E-state index in [1.165, 1.54) is 39.9 Å². The first-order chi connectivity index (χ1) is 15.8. The van der Waals surface area contributed by atoms with Crippen LogP contribution >= 0.6 is 11.3 Å². The number of anilines is 1. The predicted octanol–water partition coefficient (Wildman–Crippen LogP) is 4.94. The number of rotatable bonds is 7. The minimum atomic E-state index is -3.58. The Morgan fingerprint density at radius 1 is 1.15 bits per heavy atom. The molecule has 1 N–H and O–H groups in total.